The van der Waals surface area contributed by atoms with Crippen molar-refractivity contribution in [1.82, 2.24) is 31.9 Å². The molecule has 6 aromatic rings. The third-order valence-corrected chi connectivity index (χ3v) is 23.1. The van der Waals surface area contributed by atoms with Gasteiger partial charge >= 0.3 is 42.7 Å². The van der Waals surface area contributed by atoms with Crippen molar-refractivity contribution in [2.24, 2.45) is 5.16 Å². The molecule has 2 saturated heterocycles. The average Bonchev–Trinajstić information content (AvgIpc) is 1.72. The van der Waals surface area contributed by atoms with E-state index in [1.54, 1.807) is 48.6 Å². The van der Waals surface area contributed by atoms with Crippen molar-refractivity contribution in [3.05, 3.63) is 250 Å². The summed E-state index contributed by atoms with van der Waals surface area (Å²) in [5.41, 5.74) is 4.40. The minimum atomic E-state index is -1.22. The third-order valence-electron chi connectivity index (χ3n) is 22.3. The summed E-state index contributed by atoms with van der Waals surface area (Å²) in [5.74, 6) is -4.46. The number of carbonyl (C=O) groups excluding carboxylic acids is 12. The van der Waals surface area contributed by atoms with Gasteiger partial charge in [0.1, 0.15) is 41.8 Å². The van der Waals surface area contributed by atoms with E-state index in [4.69, 9.17) is 32.8 Å². The third kappa shape index (κ3) is 47.0. The summed E-state index contributed by atoms with van der Waals surface area (Å²) >= 11 is 1.36. The predicted molar refractivity (Wildman–Crippen MR) is 529 cm³/mol. The minimum absolute atomic E-state index is 0.0147. The number of nitrogens with one attached hydrogen (secondary N) is 6. The van der Waals surface area contributed by atoms with E-state index in [-0.39, 0.29) is 152 Å². The van der Waals surface area contributed by atoms with Crippen LogP contribution in [-0.2, 0) is 122 Å². The highest BCUT2D eigenvalue weighted by molar-refractivity contribution is 7.13. The molecule has 6 amide bonds. The first-order valence-electron chi connectivity index (χ1n) is 47.0. The number of carbonyl (C=O) groups is 12. The summed E-state index contributed by atoms with van der Waals surface area (Å²) in [4.78, 5) is 146. The number of aromatic nitrogens is 1. The molecule has 34 nitrogen and oxygen atoms in total. The molecule has 0 spiro atoms. The van der Waals surface area contributed by atoms with Crippen LogP contribution in [0.25, 0.3) is 0 Å². The number of hydrogen-bond acceptors (Lipinski definition) is 28. The Labute approximate surface area is 818 Å². The molecule has 2 aromatic heterocycles. The standard InChI is InChI=1S/2C17H24BNO4.2C17H22BNO4.C15H19BN2O5S.C15H19BN2O5/c4*1-13(20)11-15-9-5-6-10-16(18(22)23-15)19-17(21)12-14-7-3-2-4-8-14;1-10(19)9-11-5-3-7-13(16(21)23-11)17-15(20)14(18-22-2)12-6-4-8-24-12;1-11(19)8-13-5-2-6-14(16(21)23-13)17-15(20)9-12-4-3-7-18(22)10-12/h2*2-4,7-8,15-16,22H,5-6,9-12H2,1H3,(H,19,21);2*2-8,15-16,22H,9-12H2,1H3,(H,19,21);3-6,8,11,13,21H,7,9H2,1-2H3,(H,17,20);2-5,7,10,13-14,21H,6,8-9H2,1H3,(H,17,20)/b;;2*6-5-;18-14-;/t15-,16+;15-,16-;15-,16+;15-,16-;11-,13+;13-,14+/m101011/s1. The van der Waals surface area contributed by atoms with Gasteiger partial charge in [0.05, 0.1) is 97.0 Å². The van der Waals surface area contributed by atoms with Crippen LogP contribution in [0.3, 0.4) is 0 Å². The number of oxime groups is 1. The Morgan fingerprint density at radius 3 is 0.993 bits per heavy atom. The molecular weight excluding hydrogens is 1800 g/mol. The largest absolute Gasteiger partial charge is 0.619 e. The lowest BCUT2D eigenvalue weighted by Gasteiger charge is -2.28. The van der Waals surface area contributed by atoms with Gasteiger partial charge in [0, 0.05) is 62.4 Å². The van der Waals surface area contributed by atoms with Gasteiger partial charge in [-0.15, -0.1) is 11.3 Å². The van der Waals surface area contributed by atoms with Gasteiger partial charge in [-0.3, -0.25) is 57.5 Å². The van der Waals surface area contributed by atoms with Crippen LogP contribution in [-0.4, -0.2) is 228 Å². The van der Waals surface area contributed by atoms with E-state index >= 15 is 0 Å². The molecule has 4 aromatic carbocycles. The molecule has 6 aliphatic heterocycles. The summed E-state index contributed by atoms with van der Waals surface area (Å²) in [6, 6.07) is 44.6. The Hall–Kier alpha value is -11.3. The van der Waals surface area contributed by atoms with E-state index < -0.39 is 96.5 Å². The molecule has 41 heteroatoms. The van der Waals surface area contributed by atoms with Gasteiger partial charge in [-0.05, 0) is 146 Å². The molecule has 742 valence electrons. The second-order valence-electron chi connectivity index (χ2n) is 34.9. The average molecular weight is 1930 g/mol. The highest BCUT2D eigenvalue weighted by Gasteiger charge is 2.39. The van der Waals surface area contributed by atoms with Crippen LogP contribution in [0.15, 0.2) is 217 Å². The van der Waals surface area contributed by atoms with E-state index in [0.29, 0.717) is 79.4 Å². The molecule has 12 N–H and O–H groups in total. The molecule has 12 atom stereocenters. The molecule has 0 bridgehead atoms. The molecule has 0 aliphatic carbocycles. The second kappa shape index (κ2) is 63.4. The van der Waals surface area contributed by atoms with Crippen molar-refractivity contribution in [2.75, 3.05) is 7.11 Å². The maximum Gasteiger partial charge on any atom is 0.478 e. The molecule has 0 unspecified atom stereocenters. The summed E-state index contributed by atoms with van der Waals surface area (Å²) < 4.78 is 33.7. The predicted octanol–water partition coefficient (Wildman–Crippen LogP) is 6.86. The summed E-state index contributed by atoms with van der Waals surface area (Å²) in [6.45, 7) is 8.95. The second-order valence-corrected chi connectivity index (χ2v) is 35.8. The Bertz CT molecular complexity index is 4790. The number of nitrogens with zero attached hydrogens (tertiary/aromatic N) is 2. The fourth-order valence-corrected chi connectivity index (χ4v) is 16.3. The van der Waals surface area contributed by atoms with E-state index in [0.717, 1.165) is 60.8 Å². The maximum absolute atomic E-state index is 12.5. The van der Waals surface area contributed by atoms with Crippen LogP contribution in [0.2, 0.25) is 0 Å². The van der Waals surface area contributed by atoms with Crippen molar-refractivity contribution < 1.29 is 125 Å². The number of amides is 6. The Balaban J connectivity index is 0.000000227. The van der Waals surface area contributed by atoms with Crippen molar-refractivity contribution in [3.8, 4) is 0 Å². The van der Waals surface area contributed by atoms with E-state index in [1.807, 2.05) is 151 Å². The fourth-order valence-electron chi connectivity index (χ4n) is 15.6. The zero-order chi connectivity index (χ0) is 101. The first-order chi connectivity index (χ1) is 66.6. The van der Waals surface area contributed by atoms with Crippen LogP contribution in [0, 0.1) is 5.21 Å². The summed E-state index contributed by atoms with van der Waals surface area (Å²) in [7, 11) is -5.44. The van der Waals surface area contributed by atoms with Crippen molar-refractivity contribution in [3.63, 3.8) is 0 Å². The van der Waals surface area contributed by atoms with E-state index in [1.165, 1.54) is 72.4 Å². The molecule has 8 heterocycles. The van der Waals surface area contributed by atoms with Crippen molar-refractivity contribution in [1.29, 1.82) is 0 Å². The lowest BCUT2D eigenvalue weighted by molar-refractivity contribution is -0.605. The SMILES string of the molecule is CC(=O)C[C@@H]1C/C=C\C[C@H](NC(=O)Cc2ccccc2)B(O)O1.CC(=O)C[C@@H]1CCCC[C@H](NC(=O)Cc2ccccc2)B(O)O1.CC(=O)C[C@H]1C/C=C\C[C@H](NC(=O)Cc2ccccc2)B(O)O1.CC(=O)C[C@H]1C=CC[C@H](NC(=O)Cc2ccc[n+]([O-])c2)B(O)O1.CC(=O)C[C@H]1CCCC[C@H](NC(=O)Cc2ccccc2)B(O)O1.CO/N=C(\C(=O)N[C@H]1CC=C[C@H](CC(C)=O)OB1O)c1cccs1. The molecule has 6 aliphatic rings. The van der Waals surface area contributed by atoms with Gasteiger partial charge in [0.2, 0.25) is 29.5 Å². The number of benzene rings is 4. The number of Topliss-reactive ketones (excluding diaryl/α,β-unsaturated/α-hetero) is 6. The first kappa shape index (κ1) is 115. The van der Waals surface area contributed by atoms with Gasteiger partial charge in [-0.1, -0.05) is 207 Å². The van der Waals surface area contributed by atoms with Gasteiger partial charge in [-0.2, -0.15) is 4.73 Å². The number of hydrogen-bond donors (Lipinski definition) is 12. The summed E-state index contributed by atoms with van der Waals surface area (Å²) in [5, 5.41) is 94.5. The summed E-state index contributed by atoms with van der Waals surface area (Å²) in [6.07, 6.45) is 27.2. The van der Waals surface area contributed by atoms with Crippen LogP contribution in [0.4, 0.5) is 0 Å². The normalized spacial score (nSPS) is 22.0. The molecular formula is C98H130B6N8O26S. The lowest BCUT2D eigenvalue weighted by Crippen LogP contribution is -2.50. The van der Waals surface area contributed by atoms with Gasteiger partial charge in [0.25, 0.3) is 5.91 Å². The minimum Gasteiger partial charge on any atom is -0.619 e. The smallest absolute Gasteiger partial charge is 0.478 e. The Morgan fingerprint density at radius 2 is 0.655 bits per heavy atom. The topological polar surface area (TPSA) is 502 Å². The molecule has 0 radical (unpaired) electrons. The van der Waals surface area contributed by atoms with Crippen LogP contribution in [0.1, 0.15) is 203 Å². The molecule has 0 saturated carbocycles. The number of rotatable bonds is 31. The monoisotopic (exact) mass is 1930 g/mol. The number of thiophene rings is 1. The highest BCUT2D eigenvalue weighted by Crippen LogP contribution is 2.24. The highest BCUT2D eigenvalue weighted by atomic mass is 32.1. The van der Waals surface area contributed by atoms with E-state index in [2.05, 4.69) is 37.1 Å². The van der Waals surface area contributed by atoms with Gasteiger partial charge in [-0.25, -0.2) is 0 Å². The molecule has 12 rings (SSSR count). The van der Waals surface area contributed by atoms with Gasteiger partial charge in [0.15, 0.2) is 18.1 Å². The number of pyridine rings is 1. The van der Waals surface area contributed by atoms with Gasteiger partial charge < -0.3 is 100 Å². The molecule has 2 fully saturated rings. The zero-order valence-corrected chi connectivity index (χ0v) is 80.7. The Kier molecular flexibility index (Phi) is 52.3. The van der Waals surface area contributed by atoms with Crippen molar-refractivity contribution >= 4 is 130 Å². The van der Waals surface area contributed by atoms with E-state index in [9.17, 15) is 92.9 Å². The van der Waals surface area contributed by atoms with Crippen LogP contribution >= 0.6 is 11.3 Å². The van der Waals surface area contributed by atoms with Crippen LogP contribution < -0.4 is 36.6 Å². The number of ketones is 6. The first-order valence-corrected chi connectivity index (χ1v) is 47.9. The van der Waals surface area contributed by atoms with Crippen molar-refractivity contribution in [2.45, 2.75) is 274 Å². The van der Waals surface area contributed by atoms with Crippen LogP contribution in [0.5, 0.6) is 0 Å². The Morgan fingerprint density at radius 1 is 0.360 bits per heavy atom. The quantitative estimate of drug-likeness (QED) is 0.00528. The zero-order valence-electron chi connectivity index (χ0n) is 79.9. The fraction of sp³-hybridized carbons (Fsp3) is 0.449. The maximum atomic E-state index is 12.5. The molecule has 139 heavy (non-hydrogen) atoms. The lowest BCUT2D eigenvalue weighted by atomic mass is 9.74.